The Labute approximate surface area is 170 Å². The summed E-state index contributed by atoms with van der Waals surface area (Å²) >= 11 is 0. The van der Waals surface area contributed by atoms with Gasteiger partial charge in [0, 0.05) is 25.5 Å². The van der Waals surface area contributed by atoms with Gasteiger partial charge in [-0.05, 0) is 42.2 Å². The zero-order valence-electron chi connectivity index (χ0n) is 15.9. The van der Waals surface area contributed by atoms with Crippen molar-refractivity contribution in [3.63, 3.8) is 0 Å². The number of pyridine rings is 1. The van der Waals surface area contributed by atoms with Gasteiger partial charge in [0.05, 0.1) is 11.6 Å². The average molecular weight is 417 g/mol. The lowest BCUT2D eigenvalue weighted by Gasteiger charge is -2.27. The van der Waals surface area contributed by atoms with Gasteiger partial charge >= 0.3 is 6.18 Å². The molecule has 1 atom stereocenters. The summed E-state index contributed by atoms with van der Waals surface area (Å²) in [5.41, 5.74) is 0.871. The predicted octanol–water partition coefficient (Wildman–Crippen LogP) is 4.98. The molecule has 0 aliphatic carbocycles. The number of rotatable bonds is 5. The van der Waals surface area contributed by atoms with E-state index in [1.165, 1.54) is 18.5 Å². The maximum absolute atomic E-state index is 15.1. The van der Waals surface area contributed by atoms with E-state index in [2.05, 4.69) is 20.3 Å². The van der Waals surface area contributed by atoms with E-state index in [0.29, 0.717) is 25.1 Å². The summed E-state index contributed by atoms with van der Waals surface area (Å²) in [7, 11) is 0. The van der Waals surface area contributed by atoms with Crippen LogP contribution in [0.1, 0.15) is 35.6 Å². The molecule has 0 amide bonds. The van der Waals surface area contributed by atoms with Crippen molar-refractivity contribution >= 4 is 11.6 Å². The van der Waals surface area contributed by atoms with Crippen LogP contribution in [0.4, 0.5) is 29.2 Å². The van der Waals surface area contributed by atoms with Gasteiger partial charge in [-0.15, -0.1) is 0 Å². The first kappa shape index (κ1) is 20.1. The lowest BCUT2D eigenvalue weighted by molar-refractivity contribution is -0.137. The fraction of sp³-hybridized carbons (Fsp3) is 0.286. The minimum atomic E-state index is -4.39. The molecule has 0 saturated carbocycles. The number of anilines is 2. The van der Waals surface area contributed by atoms with Crippen LogP contribution in [0.25, 0.3) is 0 Å². The van der Waals surface area contributed by atoms with E-state index in [9.17, 15) is 13.2 Å². The third kappa shape index (κ3) is 4.19. The molecule has 3 heterocycles. The minimum Gasteiger partial charge on any atom is -0.363 e. The van der Waals surface area contributed by atoms with Crippen molar-refractivity contribution < 1.29 is 17.6 Å². The summed E-state index contributed by atoms with van der Waals surface area (Å²) in [5, 5.41) is 2.95. The molecule has 5 nitrogen and oxygen atoms in total. The minimum absolute atomic E-state index is 0.0712. The fourth-order valence-corrected chi connectivity index (χ4v) is 3.63. The average Bonchev–Trinajstić information content (AvgIpc) is 3.23. The number of benzene rings is 1. The molecule has 1 unspecified atom stereocenters. The molecule has 1 aromatic carbocycles. The van der Waals surface area contributed by atoms with Gasteiger partial charge in [0.15, 0.2) is 11.6 Å². The standard InChI is InChI=1S/C21H19F4N5/c22-18-19(27-12-14-3-1-9-26-11-14)28-13-29-20(18)30-10-2-4-17(30)15-5-7-16(8-6-15)21(23,24)25/h1,3,5-9,11,13,17H,2,4,10,12H2,(H,27,28,29). The van der Waals surface area contributed by atoms with Crippen LogP contribution < -0.4 is 10.2 Å². The molecule has 1 saturated heterocycles. The molecule has 156 valence electrons. The van der Waals surface area contributed by atoms with Gasteiger partial charge in [-0.25, -0.2) is 9.97 Å². The second-order valence-corrected chi connectivity index (χ2v) is 7.05. The van der Waals surface area contributed by atoms with Crippen LogP contribution >= 0.6 is 0 Å². The third-order valence-corrected chi connectivity index (χ3v) is 5.10. The zero-order chi connectivity index (χ0) is 21.1. The SMILES string of the molecule is Fc1c(NCc2cccnc2)ncnc1N1CCCC1c1ccc(C(F)(F)F)cc1. The highest BCUT2D eigenvalue weighted by molar-refractivity contribution is 5.53. The van der Waals surface area contributed by atoms with E-state index >= 15 is 4.39 Å². The van der Waals surface area contributed by atoms with Gasteiger partial charge in [-0.3, -0.25) is 4.98 Å². The van der Waals surface area contributed by atoms with Crippen LogP contribution in [0.5, 0.6) is 0 Å². The molecule has 1 fully saturated rings. The number of hydrogen-bond acceptors (Lipinski definition) is 5. The van der Waals surface area contributed by atoms with Crippen LogP contribution in [0.2, 0.25) is 0 Å². The van der Waals surface area contributed by atoms with Gasteiger partial charge in [0.1, 0.15) is 6.33 Å². The Morgan fingerprint density at radius 1 is 1.10 bits per heavy atom. The van der Waals surface area contributed by atoms with E-state index in [-0.39, 0.29) is 17.7 Å². The van der Waals surface area contributed by atoms with Crippen molar-refractivity contribution in [2.24, 2.45) is 0 Å². The topological polar surface area (TPSA) is 53.9 Å². The highest BCUT2D eigenvalue weighted by Gasteiger charge is 2.33. The van der Waals surface area contributed by atoms with Crippen molar-refractivity contribution in [1.82, 2.24) is 15.0 Å². The molecule has 3 aromatic rings. The highest BCUT2D eigenvalue weighted by atomic mass is 19.4. The molecule has 2 aromatic heterocycles. The van der Waals surface area contributed by atoms with Gasteiger partial charge in [0.25, 0.3) is 0 Å². The van der Waals surface area contributed by atoms with Gasteiger partial charge < -0.3 is 10.2 Å². The Kier molecular flexibility index (Phi) is 5.52. The molecule has 0 spiro atoms. The van der Waals surface area contributed by atoms with Crippen LogP contribution in [0.3, 0.4) is 0 Å². The second kappa shape index (κ2) is 8.25. The normalized spacial score (nSPS) is 16.7. The van der Waals surface area contributed by atoms with Crippen LogP contribution in [0, 0.1) is 5.82 Å². The third-order valence-electron chi connectivity index (χ3n) is 5.10. The van der Waals surface area contributed by atoms with Gasteiger partial charge in [-0.1, -0.05) is 18.2 Å². The van der Waals surface area contributed by atoms with Crippen molar-refractivity contribution in [2.45, 2.75) is 31.6 Å². The molecule has 0 bridgehead atoms. The first-order valence-corrected chi connectivity index (χ1v) is 9.50. The summed E-state index contributed by atoms with van der Waals surface area (Å²) in [6.45, 7) is 0.908. The molecular weight excluding hydrogens is 398 g/mol. The summed E-state index contributed by atoms with van der Waals surface area (Å²) in [4.78, 5) is 13.9. The summed E-state index contributed by atoms with van der Waals surface area (Å²) in [6, 6.07) is 8.42. The Bertz CT molecular complexity index is 993. The number of halogens is 4. The van der Waals surface area contributed by atoms with Crippen LogP contribution in [-0.4, -0.2) is 21.5 Å². The van der Waals surface area contributed by atoms with Crippen molar-refractivity contribution in [1.29, 1.82) is 0 Å². The smallest absolute Gasteiger partial charge is 0.363 e. The molecule has 1 aliphatic heterocycles. The first-order chi connectivity index (χ1) is 14.4. The maximum atomic E-state index is 15.1. The van der Waals surface area contributed by atoms with E-state index < -0.39 is 17.6 Å². The van der Waals surface area contributed by atoms with E-state index in [1.54, 1.807) is 23.4 Å². The van der Waals surface area contributed by atoms with Gasteiger partial charge in [0.2, 0.25) is 5.82 Å². The monoisotopic (exact) mass is 417 g/mol. The zero-order valence-corrected chi connectivity index (χ0v) is 15.9. The van der Waals surface area contributed by atoms with E-state index in [1.807, 2.05) is 6.07 Å². The molecule has 1 N–H and O–H groups in total. The highest BCUT2D eigenvalue weighted by Crippen LogP contribution is 2.38. The first-order valence-electron chi connectivity index (χ1n) is 9.50. The second-order valence-electron chi connectivity index (χ2n) is 7.05. The number of nitrogens with zero attached hydrogens (tertiary/aromatic N) is 4. The van der Waals surface area contributed by atoms with Crippen LogP contribution in [0.15, 0.2) is 55.1 Å². The van der Waals surface area contributed by atoms with Crippen molar-refractivity contribution in [3.8, 4) is 0 Å². The Hall–Kier alpha value is -3.23. The lowest BCUT2D eigenvalue weighted by atomic mass is 10.0. The largest absolute Gasteiger partial charge is 0.416 e. The predicted molar refractivity (Wildman–Crippen MR) is 104 cm³/mol. The quantitative estimate of drug-likeness (QED) is 0.594. The Morgan fingerprint density at radius 3 is 2.60 bits per heavy atom. The van der Waals surface area contributed by atoms with Crippen molar-refractivity contribution in [2.75, 3.05) is 16.8 Å². The molecule has 30 heavy (non-hydrogen) atoms. The Balaban J connectivity index is 1.55. The maximum Gasteiger partial charge on any atom is 0.416 e. The summed E-state index contributed by atoms with van der Waals surface area (Å²) in [6.07, 6.45) is 1.71. The summed E-state index contributed by atoms with van der Waals surface area (Å²) < 4.78 is 53.7. The molecule has 4 rings (SSSR count). The number of alkyl halides is 3. The van der Waals surface area contributed by atoms with Crippen LogP contribution in [-0.2, 0) is 12.7 Å². The Morgan fingerprint density at radius 2 is 1.90 bits per heavy atom. The molecule has 0 radical (unpaired) electrons. The molecule has 1 aliphatic rings. The van der Waals surface area contributed by atoms with E-state index in [4.69, 9.17) is 0 Å². The summed E-state index contributed by atoms with van der Waals surface area (Å²) in [5.74, 6) is -0.372. The van der Waals surface area contributed by atoms with E-state index in [0.717, 1.165) is 24.1 Å². The molecular formula is C21H19F4N5. The number of hydrogen-bond donors (Lipinski definition) is 1. The lowest BCUT2D eigenvalue weighted by Crippen LogP contribution is -2.25. The van der Waals surface area contributed by atoms with Crippen molar-refractivity contribution in [3.05, 3.63) is 77.6 Å². The number of aromatic nitrogens is 3. The van der Waals surface area contributed by atoms with Gasteiger partial charge in [-0.2, -0.15) is 17.6 Å². The number of nitrogens with one attached hydrogen (secondary N) is 1. The fourth-order valence-electron chi connectivity index (χ4n) is 3.63. The molecule has 9 heteroatoms.